The molecule has 4 aromatic carbocycles. The Balaban J connectivity index is 0.983. The molecule has 10 aliphatic rings. The Bertz CT molecular complexity index is 2100. The molecule has 2 heterocycles. The molecule has 8 fully saturated rings. The number of hydrogen-bond donors (Lipinski definition) is 2. The molecule has 244 valence electrons. The zero-order chi connectivity index (χ0) is 32.0. The highest BCUT2D eigenvalue weighted by Gasteiger charge is 2.77. The number of aryl methyl sites for hydroxylation is 1. The lowest BCUT2D eigenvalue weighted by atomic mass is 9.38. The molecule has 3 N–H and O–H groups in total. The summed E-state index contributed by atoms with van der Waals surface area (Å²) in [7, 11) is 0. The lowest BCUT2D eigenvalue weighted by molar-refractivity contribution is -0.175. The second-order valence-corrected chi connectivity index (χ2v) is 19.0. The van der Waals surface area contributed by atoms with Crippen molar-refractivity contribution in [1.82, 2.24) is 0 Å². The van der Waals surface area contributed by atoms with E-state index in [0.717, 1.165) is 46.9 Å². The van der Waals surface area contributed by atoms with Crippen LogP contribution >= 0.6 is 0 Å². The van der Waals surface area contributed by atoms with E-state index < -0.39 is 0 Å². The van der Waals surface area contributed by atoms with Crippen molar-refractivity contribution in [3.8, 4) is 11.1 Å². The topological polar surface area (TPSA) is 41.3 Å². The summed E-state index contributed by atoms with van der Waals surface area (Å²) >= 11 is 0. The Morgan fingerprint density at radius 3 is 2.10 bits per heavy atom. The first-order valence-electron chi connectivity index (χ1n) is 19.7. The van der Waals surface area contributed by atoms with E-state index in [9.17, 15) is 0 Å². The molecule has 14 rings (SSSR count). The van der Waals surface area contributed by atoms with Crippen molar-refractivity contribution in [3.63, 3.8) is 0 Å². The van der Waals surface area contributed by atoms with E-state index in [1.165, 1.54) is 115 Å². The van der Waals surface area contributed by atoms with Crippen LogP contribution in [-0.2, 0) is 10.8 Å². The Morgan fingerprint density at radius 2 is 1.41 bits per heavy atom. The molecule has 4 heteroatoms. The molecular formula is C45H46BN3. The van der Waals surface area contributed by atoms with Gasteiger partial charge in [-0.05, 0) is 193 Å². The number of nitrogen functional groups attached to an aromatic ring is 1. The van der Waals surface area contributed by atoms with E-state index in [4.69, 9.17) is 5.73 Å². The molecule has 0 radical (unpaired) electrons. The monoisotopic (exact) mass is 639 g/mol. The summed E-state index contributed by atoms with van der Waals surface area (Å²) in [6, 6.07) is 29.1. The highest BCUT2D eigenvalue weighted by atomic mass is 15.2. The fourth-order valence-electron chi connectivity index (χ4n) is 15.5. The molecule has 0 saturated heterocycles. The van der Waals surface area contributed by atoms with Crippen LogP contribution in [0.3, 0.4) is 0 Å². The normalized spacial score (nSPS) is 38.6. The number of anilines is 5. The summed E-state index contributed by atoms with van der Waals surface area (Å²) in [6.45, 7) is 2.35. The minimum absolute atomic E-state index is 0.0823. The molecule has 8 aliphatic carbocycles. The van der Waals surface area contributed by atoms with Gasteiger partial charge in [0.1, 0.15) is 0 Å². The van der Waals surface area contributed by atoms with E-state index in [1.54, 1.807) is 11.1 Å². The van der Waals surface area contributed by atoms with E-state index in [2.05, 4.69) is 89.8 Å². The summed E-state index contributed by atoms with van der Waals surface area (Å²) in [6.07, 6.45) is 16.0. The maximum atomic E-state index is 6.73. The third-order valence-corrected chi connectivity index (χ3v) is 16.8. The SMILES string of the molecule is Cc1cc2c3c(c1)N(c1ccc(C45C[C@H]6C[C@H](C4)C[C@@H](C5)C6)cc1)c1ccc(C45CC6CC7C[C@H](C4)[C@]76C5)cc1B3Nc1c(N)cccc1-2. The number of para-hydroxylation sites is 1. The van der Waals surface area contributed by atoms with Crippen LogP contribution in [0.15, 0.2) is 72.8 Å². The molecule has 8 saturated carbocycles. The predicted molar refractivity (Wildman–Crippen MR) is 202 cm³/mol. The minimum atomic E-state index is 0.0823. The second-order valence-electron chi connectivity index (χ2n) is 19.0. The molecule has 2 aliphatic heterocycles. The zero-order valence-corrected chi connectivity index (χ0v) is 28.8. The number of benzene rings is 4. The van der Waals surface area contributed by atoms with E-state index in [1.807, 2.05) is 0 Å². The van der Waals surface area contributed by atoms with Crippen LogP contribution in [0.2, 0.25) is 0 Å². The Morgan fingerprint density at radius 1 is 0.694 bits per heavy atom. The Kier molecular flexibility index (Phi) is 4.77. The molecular weight excluding hydrogens is 593 g/mol. The fraction of sp³-hybridized carbons (Fsp3) is 0.467. The number of hydrogen-bond acceptors (Lipinski definition) is 3. The van der Waals surface area contributed by atoms with Gasteiger partial charge >= 0.3 is 6.85 Å². The molecule has 3 nitrogen and oxygen atoms in total. The average Bonchev–Trinajstić information content (AvgIpc) is 3.57. The average molecular weight is 640 g/mol. The molecule has 4 aromatic rings. The first kappa shape index (κ1) is 27.1. The van der Waals surface area contributed by atoms with Gasteiger partial charge in [-0.15, -0.1) is 0 Å². The van der Waals surface area contributed by atoms with Gasteiger partial charge in [-0.1, -0.05) is 42.5 Å². The summed E-state index contributed by atoms with van der Waals surface area (Å²) in [4.78, 5) is 2.62. The summed E-state index contributed by atoms with van der Waals surface area (Å²) in [5.74, 6) is 5.90. The van der Waals surface area contributed by atoms with Crippen molar-refractivity contribution in [3.05, 3.63) is 89.5 Å². The number of nitrogens with two attached hydrogens (primary N) is 1. The van der Waals surface area contributed by atoms with Crippen LogP contribution < -0.4 is 26.8 Å². The molecule has 3 unspecified atom stereocenters. The number of nitrogens with one attached hydrogen (secondary N) is 1. The highest BCUT2D eigenvalue weighted by Crippen LogP contribution is 2.84. The van der Waals surface area contributed by atoms with Gasteiger partial charge in [0.2, 0.25) is 0 Å². The standard InChI is InChI=1S/C45H46BN3/c1-25-11-36-35-3-2-4-38(47)42(35)48-46-37-18-30(44-22-32-16-31-17-33(23-44)45(31,32)24-44)7-10-39(37)49(40(12-25)41(36)46)34-8-5-29(6-9-34)43-19-26-13-27(20-43)15-28(14-26)21-43/h2-12,18,26-28,31-33,48H,13-17,19-24,47H2,1H3/t26-,27-,28-,31?,32-,33?,43?,44?,45+/m1/s1. The Hall–Kier alpha value is -3.66. The third-order valence-electron chi connectivity index (χ3n) is 16.8. The van der Waals surface area contributed by atoms with Gasteiger partial charge in [0.25, 0.3) is 0 Å². The summed E-state index contributed by atoms with van der Waals surface area (Å²) in [5.41, 5.74) is 24.1. The molecule has 6 bridgehead atoms. The van der Waals surface area contributed by atoms with Crippen LogP contribution in [0.5, 0.6) is 0 Å². The second kappa shape index (κ2) is 8.61. The van der Waals surface area contributed by atoms with Crippen LogP contribution in [0.25, 0.3) is 11.1 Å². The predicted octanol–water partition coefficient (Wildman–Crippen LogP) is 9.10. The van der Waals surface area contributed by atoms with Gasteiger partial charge in [-0.3, -0.25) is 0 Å². The van der Waals surface area contributed by atoms with Crippen molar-refractivity contribution in [2.45, 2.75) is 88.4 Å². The molecule has 5 atom stereocenters. The van der Waals surface area contributed by atoms with E-state index >= 15 is 0 Å². The zero-order valence-electron chi connectivity index (χ0n) is 28.8. The van der Waals surface area contributed by atoms with E-state index in [0.29, 0.717) is 16.2 Å². The summed E-state index contributed by atoms with van der Waals surface area (Å²) < 4.78 is 0. The summed E-state index contributed by atoms with van der Waals surface area (Å²) in [5, 5.41) is 4.05. The molecule has 0 aromatic heterocycles. The lowest BCUT2D eigenvalue weighted by Crippen LogP contribution is -2.59. The van der Waals surface area contributed by atoms with Gasteiger partial charge in [-0.25, -0.2) is 0 Å². The van der Waals surface area contributed by atoms with Crippen LogP contribution in [-0.4, -0.2) is 6.85 Å². The maximum absolute atomic E-state index is 6.73. The van der Waals surface area contributed by atoms with Crippen molar-refractivity contribution in [2.75, 3.05) is 15.9 Å². The quantitative estimate of drug-likeness (QED) is 0.174. The smallest absolute Gasteiger partial charge is 0.325 e. The highest BCUT2D eigenvalue weighted by molar-refractivity contribution is 6.92. The van der Waals surface area contributed by atoms with Crippen molar-refractivity contribution in [2.24, 2.45) is 40.9 Å². The Labute approximate surface area is 291 Å². The molecule has 49 heavy (non-hydrogen) atoms. The van der Waals surface area contributed by atoms with Gasteiger partial charge in [-0.2, -0.15) is 0 Å². The van der Waals surface area contributed by atoms with Crippen molar-refractivity contribution in [1.29, 1.82) is 0 Å². The lowest BCUT2D eigenvalue weighted by Gasteiger charge is -2.66. The van der Waals surface area contributed by atoms with E-state index in [-0.39, 0.29) is 6.85 Å². The van der Waals surface area contributed by atoms with Crippen molar-refractivity contribution < 1.29 is 0 Å². The third kappa shape index (κ3) is 3.17. The molecule has 1 spiro atoms. The first-order chi connectivity index (χ1) is 23.9. The van der Waals surface area contributed by atoms with Crippen molar-refractivity contribution >= 4 is 46.2 Å². The van der Waals surface area contributed by atoms with Crippen LogP contribution in [0.1, 0.15) is 87.3 Å². The minimum Gasteiger partial charge on any atom is -0.418 e. The number of nitrogens with zero attached hydrogens (tertiary/aromatic N) is 1. The largest absolute Gasteiger partial charge is 0.418 e. The van der Waals surface area contributed by atoms with Gasteiger partial charge < -0.3 is 15.9 Å². The number of fused-ring (bicyclic) bond motifs is 5. The fourth-order valence-corrected chi connectivity index (χ4v) is 15.5. The van der Waals surface area contributed by atoms with Crippen LogP contribution in [0, 0.1) is 47.8 Å². The van der Waals surface area contributed by atoms with Crippen LogP contribution in [0.4, 0.5) is 28.4 Å². The molecule has 0 amide bonds. The number of rotatable bonds is 3. The van der Waals surface area contributed by atoms with Gasteiger partial charge in [0.05, 0.1) is 11.4 Å². The van der Waals surface area contributed by atoms with Gasteiger partial charge in [0, 0.05) is 22.6 Å². The van der Waals surface area contributed by atoms with Gasteiger partial charge in [0.15, 0.2) is 0 Å². The first-order valence-corrected chi connectivity index (χ1v) is 19.7. The maximum Gasteiger partial charge on any atom is 0.325 e.